The number of hydrogen-bond acceptors (Lipinski definition) is 7. The Bertz CT molecular complexity index is 1390. The van der Waals surface area contributed by atoms with E-state index in [4.69, 9.17) is 4.74 Å². The van der Waals surface area contributed by atoms with Crippen LogP contribution in [0, 0.1) is 0 Å². The summed E-state index contributed by atoms with van der Waals surface area (Å²) in [5.41, 5.74) is 1.61. The molecule has 0 amide bonds. The third kappa shape index (κ3) is 3.55. The Hall–Kier alpha value is -4.21. The van der Waals surface area contributed by atoms with Gasteiger partial charge in [-0.25, -0.2) is 9.78 Å². The fourth-order valence-electron chi connectivity index (χ4n) is 3.95. The molecule has 0 radical (unpaired) electrons. The summed E-state index contributed by atoms with van der Waals surface area (Å²) >= 11 is 0. The molecule has 10 nitrogen and oxygen atoms in total. The SMILES string of the molecule is O=C(O)c1cc(-c2ccc(-c3nc4n[nH]nc4c(=O)[nH]3)c(OC3CCCC3)c2)ccc1O. The van der Waals surface area contributed by atoms with Crippen molar-refractivity contribution >= 4 is 17.1 Å². The smallest absolute Gasteiger partial charge is 0.339 e. The number of aromatic nitrogens is 5. The summed E-state index contributed by atoms with van der Waals surface area (Å²) in [6.07, 6.45) is 4.07. The molecular formula is C22H19N5O5. The van der Waals surface area contributed by atoms with Gasteiger partial charge >= 0.3 is 5.97 Å². The molecule has 1 saturated carbocycles. The molecule has 1 fully saturated rings. The minimum atomic E-state index is -1.22. The molecule has 0 saturated heterocycles. The first-order valence-corrected chi connectivity index (χ1v) is 10.2. The largest absolute Gasteiger partial charge is 0.507 e. The highest BCUT2D eigenvalue weighted by atomic mass is 16.5. The van der Waals surface area contributed by atoms with Crippen LogP contribution in [0.1, 0.15) is 36.0 Å². The molecule has 10 heteroatoms. The monoisotopic (exact) mass is 433 g/mol. The van der Waals surface area contributed by atoms with Crippen molar-refractivity contribution in [3.8, 4) is 34.0 Å². The van der Waals surface area contributed by atoms with E-state index in [0.29, 0.717) is 28.3 Å². The van der Waals surface area contributed by atoms with Crippen molar-refractivity contribution in [1.82, 2.24) is 25.4 Å². The van der Waals surface area contributed by atoms with Gasteiger partial charge in [0.15, 0.2) is 5.52 Å². The lowest BCUT2D eigenvalue weighted by Gasteiger charge is -2.17. The summed E-state index contributed by atoms with van der Waals surface area (Å²) in [7, 11) is 0. The van der Waals surface area contributed by atoms with Crippen molar-refractivity contribution in [3.05, 3.63) is 52.3 Å². The van der Waals surface area contributed by atoms with E-state index in [-0.39, 0.29) is 28.6 Å². The number of benzene rings is 2. The molecule has 2 heterocycles. The maximum Gasteiger partial charge on any atom is 0.339 e. The van der Waals surface area contributed by atoms with Crippen LogP contribution in [0.5, 0.6) is 11.5 Å². The Balaban J connectivity index is 1.63. The lowest BCUT2D eigenvalue weighted by molar-refractivity contribution is 0.0694. The number of phenols is 1. The second kappa shape index (κ2) is 7.80. The van der Waals surface area contributed by atoms with Gasteiger partial charge < -0.3 is 19.9 Å². The summed E-state index contributed by atoms with van der Waals surface area (Å²) in [5.74, 6) is -0.702. The summed E-state index contributed by atoms with van der Waals surface area (Å²) in [6, 6.07) is 9.73. The molecule has 5 rings (SSSR count). The van der Waals surface area contributed by atoms with Crippen LogP contribution >= 0.6 is 0 Å². The van der Waals surface area contributed by atoms with E-state index in [0.717, 1.165) is 25.7 Å². The van der Waals surface area contributed by atoms with Crippen LogP contribution in [0.4, 0.5) is 0 Å². The summed E-state index contributed by atoms with van der Waals surface area (Å²) < 4.78 is 6.29. The van der Waals surface area contributed by atoms with Crippen LogP contribution < -0.4 is 10.3 Å². The highest BCUT2D eigenvalue weighted by Crippen LogP contribution is 2.36. The predicted molar refractivity (Wildman–Crippen MR) is 115 cm³/mol. The normalized spacial score (nSPS) is 14.1. The van der Waals surface area contributed by atoms with Crippen LogP contribution in [0.15, 0.2) is 41.2 Å². The molecule has 1 aliphatic carbocycles. The topological polar surface area (TPSA) is 154 Å². The first kappa shape index (κ1) is 19.7. The lowest BCUT2D eigenvalue weighted by atomic mass is 10.00. The number of carbonyl (C=O) groups is 1. The van der Waals surface area contributed by atoms with Crippen molar-refractivity contribution < 1.29 is 19.7 Å². The van der Waals surface area contributed by atoms with Gasteiger partial charge in [0.1, 0.15) is 22.9 Å². The predicted octanol–water partition coefficient (Wildman–Crippen LogP) is 3.10. The summed E-state index contributed by atoms with van der Waals surface area (Å²) in [6.45, 7) is 0. The Morgan fingerprint density at radius 3 is 2.59 bits per heavy atom. The van der Waals surface area contributed by atoms with Crippen molar-refractivity contribution in [3.63, 3.8) is 0 Å². The van der Waals surface area contributed by atoms with Crippen LogP contribution in [0.2, 0.25) is 0 Å². The second-order valence-corrected chi connectivity index (χ2v) is 7.68. The van der Waals surface area contributed by atoms with Gasteiger partial charge in [0.2, 0.25) is 5.65 Å². The second-order valence-electron chi connectivity index (χ2n) is 7.68. The van der Waals surface area contributed by atoms with E-state index < -0.39 is 11.5 Å². The number of nitrogens with one attached hydrogen (secondary N) is 2. The molecule has 0 aliphatic heterocycles. The zero-order chi connectivity index (χ0) is 22.2. The van der Waals surface area contributed by atoms with E-state index in [9.17, 15) is 19.8 Å². The Kier molecular flexibility index (Phi) is 4.81. The van der Waals surface area contributed by atoms with Crippen molar-refractivity contribution in [1.29, 1.82) is 0 Å². The van der Waals surface area contributed by atoms with Crippen molar-refractivity contribution in [2.24, 2.45) is 0 Å². The van der Waals surface area contributed by atoms with E-state index in [1.54, 1.807) is 24.3 Å². The third-order valence-corrected chi connectivity index (χ3v) is 5.59. The minimum absolute atomic E-state index is 0.0425. The van der Waals surface area contributed by atoms with Crippen molar-refractivity contribution in [2.75, 3.05) is 0 Å². The van der Waals surface area contributed by atoms with Gasteiger partial charge in [0.25, 0.3) is 5.56 Å². The highest BCUT2D eigenvalue weighted by molar-refractivity contribution is 5.92. The number of aromatic amines is 2. The molecule has 1 aliphatic rings. The first-order chi connectivity index (χ1) is 15.5. The molecule has 4 aromatic rings. The fraction of sp³-hybridized carbons (Fsp3) is 0.227. The number of fused-ring (bicyclic) bond motifs is 1. The molecule has 0 atom stereocenters. The number of rotatable bonds is 5. The van der Waals surface area contributed by atoms with E-state index in [1.807, 2.05) is 0 Å². The van der Waals surface area contributed by atoms with Crippen LogP contribution in [0.25, 0.3) is 33.7 Å². The highest BCUT2D eigenvalue weighted by Gasteiger charge is 2.21. The average molecular weight is 433 g/mol. The van der Waals surface area contributed by atoms with Crippen LogP contribution in [0.3, 0.4) is 0 Å². The van der Waals surface area contributed by atoms with E-state index in [2.05, 4.69) is 25.4 Å². The van der Waals surface area contributed by atoms with Gasteiger partial charge in [-0.05, 0) is 61.1 Å². The minimum Gasteiger partial charge on any atom is -0.507 e. The number of carboxylic acid groups (broad SMARTS) is 1. The number of carboxylic acids is 1. The lowest BCUT2D eigenvalue weighted by Crippen LogP contribution is -2.13. The van der Waals surface area contributed by atoms with Crippen molar-refractivity contribution in [2.45, 2.75) is 31.8 Å². The number of ether oxygens (including phenoxy) is 1. The third-order valence-electron chi connectivity index (χ3n) is 5.59. The molecule has 4 N–H and O–H groups in total. The maximum atomic E-state index is 12.4. The van der Waals surface area contributed by atoms with Gasteiger partial charge in [-0.1, -0.05) is 12.1 Å². The van der Waals surface area contributed by atoms with Crippen LogP contribution in [-0.2, 0) is 0 Å². The van der Waals surface area contributed by atoms with Gasteiger partial charge in [-0.3, -0.25) is 4.79 Å². The standard InChI is InChI=1S/C22H19N5O5/c28-16-8-6-11(9-15(16)22(30)31)12-5-7-14(17(10-12)32-13-3-1-2-4-13)19-23-20-18(21(29)24-19)25-27-26-20/h5-10,13,28H,1-4H2,(H,30,31)(H2,23,24,25,26,27,29). The molecule has 2 aromatic heterocycles. The number of nitrogens with zero attached hydrogens (tertiary/aromatic N) is 3. The molecule has 2 aromatic carbocycles. The van der Waals surface area contributed by atoms with Crippen LogP contribution in [-0.4, -0.2) is 47.7 Å². The number of aromatic carboxylic acids is 1. The fourth-order valence-corrected chi connectivity index (χ4v) is 3.95. The number of aromatic hydroxyl groups is 1. The molecule has 162 valence electrons. The summed E-state index contributed by atoms with van der Waals surface area (Å²) in [4.78, 5) is 30.9. The van der Waals surface area contributed by atoms with Gasteiger partial charge in [-0.2, -0.15) is 5.21 Å². The first-order valence-electron chi connectivity index (χ1n) is 10.2. The quantitative estimate of drug-likeness (QED) is 0.374. The zero-order valence-corrected chi connectivity index (χ0v) is 16.8. The molecule has 0 bridgehead atoms. The maximum absolute atomic E-state index is 12.4. The van der Waals surface area contributed by atoms with Gasteiger partial charge in [-0.15, -0.1) is 10.2 Å². The number of hydrogen-bond donors (Lipinski definition) is 4. The molecule has 0 spiro atoms. The number of H-pyrrole nitrogens is 2. The average Bonchev–Trinajstić information content (AvgIpc) is 3.46. The Labute approximate surface area is 180 Å². The Morgan fingerprint density at radius 2 is 1.81 bits per heavy atom. The molecular weight excluding hydrogens is 414 g/mol. The van der Waals surface area contributed by atoms with E-state index in [1.165, 1.54) is 12.1 Å². The Morgan fingerprint density at radius 1 is 1.06 bits per heavy atom. The summed E-state index contributed by atoms with van der Waals surface area (Å²) in [5, 5.41) is 29.3. The molecule has 32 heavy (non-hydrogen) atoms. The molecule has 0 unspecified atom stereocenters. The van der Waals surface area contributed by atoms with Gasteiger partial charge in [0, 0.05) is 0 Å². The van der Waals surface area contributed by atoms with E-state index >= 15 is 0 Å². The van der Waals surface area contributed by atoms with Gasteiger partial charge in [0.05, 0.1) is 11.7 Å². The zero-order valence-electron chi connectivity index (χ0n) is 16.8.